The number of rotatable bonds is 5. The van der Waals surface area contributed by atoms with E-state index in [4.69, 9.17) is 11.6 Å². The molecule has 8 nitrogen and oxygen atoms in total. The molecule has 166 valence electrons. The van der Waals surface area contributed by atoms with Crippen molar-refractivity contribution in [3.8, 4) is 0 Å². The van der Waals surface area contributed by atoms with Crippen LogP contribution in [0.3, 0.4) is 0 Å². The third-order valence-electron chi connectivity index (χ3n) is 5.92. The molecular weight excluding hydrogens is 448 g/mol. The summed E-state index contributed by atoms with van der Waals surface area (Å²) in [6.45, 7) is 1.42. The van der Waals surface area contributed by atoms with E-state index in [2.05, 4.69) is 30.8 Å². The molecule has 5 rings (SSSR count). The second-order valence-corrected chi connectivity index (χ2v) is 10.3. The van der Waals surface area contributed by atoms with E-state index in [1.807, 2.05) is 19.4 Å². The number of sulfonamides is 1. The summed E-state index contributed by atoms with van der Waals surface area (Å²) in [7, 11) is -1.70. The number of fused-ring (bicyclic) bond motifs is 1. The Bertz CT molecular complexity index is 1300. The summed E-state index contributed by atoms with van der Waals surface area (Å²) >= 11 is 5.96. The smallest absolute Gasteiger partial charge is 0.240 e. The van der Waals surface area contributed by atoms with Gasteiger partial charge in [-0.25, -0.2) is 23.1 Å². The zero-order chi connectivity index (χ0) is 22.3. The van der Waals surface area contributed by atoms with E-state index in [0.29, 0.717) is 31.0 Å². The second-order valence-electron chi connectivity index (χ2n) is 8.15. The Hall–Kier alpha value is -2.75. The van der Waals surface area contributed by atoms with E-state index in [0.717, 1.165) is 29.1 Å². The molecule has 0 saturated carbocycles. The van der Waals surface area contributed by atoms with Gasteiger partial charge in [-0.2, -0.15) is 5.10 Å². The molecule has 0 unspecified atom stereocenters. The average molecular weight is 471 g/mol. The third-order valence-corrected chi connectivity index (χ3v) is 7.67. The van der Waals surface area contributed by atoms with Crippen LogP contribution in [-0.4, -0.2) is 47.3 Å². The van der Waals surface area contributed by atoms with Crippen molar-refractivity contribution in [3.63, 3.8) is 0 Å². The lowest BCUT2D eigenvalue weighted by molar-refractivity contribution is 0.458. The van der Waals surface area contributed by atoms with Gasteiger partial charge >= 0.3 is 0 Å². The van der Waals surface area contributed by atoms with Crippen LogP contribution in [0.25, 0.3) is 11.6 Å². The van der Waals surface area contributed by atoms with Crippen molar-refractivity contribution >= 4 is 39.1 Å². The number of nitrogens with one attached hydrogen (secondary N) is 1. The highest BCUT2D eigenvalue weighted by Crippen LogP contribution is 2.35. The molecule has 1 N–H and O–H groups in total. The van der Waals surface area contributed by atoms with Crippen LogP contribution < -0.4 is 9.62 Å². The largest absolute Gasteiger partial charge is 0.356 e. The summed E-state index contributed by atoms with van der Waals surface area (Å²) in [6, 6.07) is 6.19. The molecule has 10 heteroatoms. The monoisotopic (exact) mass is 470 g/mol. The number of allylic oxidation sites excluding steroid dienone is 1. The first-order valence-corrected chi connectivity index (χ1v) is 12.3. The van der Waals surface area contributed by atoms with Gasteiger partial charge < -0.3 is 4.90 Å². The summed E-state index contributed by atoms with van der Waals surface area (Å²) in [4.78, 5) is 11.4. The van der Waals surface area contributed by atoms with Crippen molar-refractivity contribution in [1.29, 1.82) is 0 Å². The van der Waals surface area contributed by atoms with Crippen molar-refractivity contribution < 1.29 is 8.42 Å². The minimum atomic E-state index is -3.61. The fourth-order valence-corrected chi connectivity index (χ4v) is 5.88. The van der Waals surface area contributed by atoms with Gasteiger partial charge in [-0.05, 0) is 42.7 Å². The van der Waals surface area contributed by atoms with Gasteiger partial charge in [-0.1, -0.05) is 17.7 Å². The quantitative estimate of drug-likeness (QED) is 0.616. The Kier molecular flexibility index (Phi) is 5.48. The standard InChI is InChI=1S/C22H23ClN6O2S/c1-28-13-16(12-26-28)15-9-20-21(10-15)24-14-25-22(20)29-7-5-18(6-8-29)27-32(30,31)19-4-2-3-17(23)11-19/h2-4,9,11-14,18,27H,5-8,10H2,1H3. The number of aromatic nitrogens is 4. The number of aryl methyl sites for hydroxylation is 1. The summed E-state index contributed by atoms with van der Waals surface area (Å²) in [5.41, 5.74) is 4.33. The SMILES string of the molecule is Cn1cc(C2=Cc3c(ncnc3N3CCC(NS(=O)(=O)c4cccc(Cl)c4)CC3)C2)cn1. The van der Waals surface area contributed by atoms with Crippen LogP contribution in [0, 0.1) is 0 Å². The molecule has 1 aromatic carbocycles. The summed E-state index contributed by atoms with van der Waals surface area (Å²) < 4.78 is 30.0. The van der Waals surface area contributed by atoms with E-state index in [-0.39, 0.29) is 10.9 Å². The van der Waals surface area contributed by atoms with E-state index < -0.39 is 10.0 Å². The molecule has 0 spiro atoms. The van der Waals surface area contributed by atoms with E-state index in [9.17, 15) is 8.42 Å². The molecule has 3 aromatic rings. The molecule has 1 aliphatic carbocycles. The molecule has 2 aromatic heterocycles. The zero-order valence-corrected chi connectivity index (χ0v) is 19.1. The molecule has 2 aliphatic rings. The normalized spacial score (nSPS) is 16.8. The predicted molar refractivity (Wildman–Crippen MR) is 124 cm³/mol. The van der Waals surface area contributed by atoms with Crippen LogP contribution in [0.15, 0.2) is 47.9 Å². The topological polar surface area (TPSA) is 93.0 Å². The molecule has 32 heavy (non-hydrogen) atoms. The Morgan fingerprint density at radius 3 is 2.72 bits per heavy atom. The van der Waals surface area contributed by atoms with Gasteiger partial charge in [0, 0.05) is 54.9 Å². The Labute approximate surface area is 192 Å². The fourth-order valence-electron chi connectivity index (χ4n) is 4.27. The Morgan fingerprint density at radius 2 is 2.00 bits per heavy atom. The van der Waals surface area contributed by atoms with E-state index >= 15 is 0 Å². The summed E-state index contributed by atoms with van der Waals surface area (Å²) in [5, 5.41) is 4.67. The van der Waals surface area contributed by atoms with Crippen LogP contribution in [0.4, 0.5) is 5.82 Å². The van der Waals surface area contributed by atoms with Crippen LogP contribution in [0.2, 0.25) is 5.02 Å². The molecule has 0 atom stereocenters. The molecular formula is C22H23ClN6O2S. The first-order chi connectivity index (χ1) is 15.4. The van der Waals surface area contributed by atoms with Gasteiger partial charge in [0.05, 0.1) is 16.8 Å². The molecule has 0 amide bonds. The number of nitrogens with zero attached hydrogens (tertiary/aromatic N) is 5. The van der Waals surface area contributed by atoms with Gasteiger partial charge in [0.15, 0.2) is 0 Å². The first kappa shape index (κ1) is 21.1. The molecule has 1 saturated heterocycles. The molecule has 3 heterocycles. The highest BCUT2D eigenvalue weighted by molar-refractivity contribution is 7.89. The Balaban J connectivity index is 1.29. The van der Waals surface area contributed by atoms with E-state index in [1.165, 1.54) is 11.6 Å². The number of anilines is 1. The van der Waals surface area contributed by atoms with Gasteiger partial charge in [0.2, 0.25) is 10.0 Å². The predicted octanol–water partition coefficient (Wildman–Crippen LogP) is 2.91. The second kappa shape index (κ2) is 8.31. The van der Waals surface area contributed by atoms with Crippen molar-refractivity contribution in [2.75, 3.05) is 18.0 Å². The first-order valence-electron chi connectivity index (χ1n) is 10.5. The van der Waals surface area contributed by atoms with Crippen LogP contribution in [-0.2, 0) is 23.5 Å². The molecule has 1 fully saturated rings. The van der Waals surface area contributed by atoms with Crippen LogP contribution in [0.1, 0.15) is 29.7 Å². The van der Waals surface area contributed by atoms with Crippen LogP contribution in [0.5, 0.6) is 0 Å². The number of hydrogen-bond acceptors (Lipinski definition) is 6. The van der Waals surface area contributed by atoms with Gasteiger partial charge in [-0.3, -0.25) is 4.68 Å². The number of benzene rings is 1. The lowest BCUT2D eigenvalue weighted by Gasteiger charge is -2.33. The zero-order valence-electron chi connectivity index (χ0n) is 17.6. The van der Waals surface area contributed by atoms with Gasteiger partial charge in [-0.15, -0.1) is 0 Å². The number of hydrogen-bond donors (Lipinski definition) is 1. The lowest BCUT2D eigenvalue weighted by Crippen LogP contribution is -2.45. The van der Waals surface area contributed by atoms with Crippen molar-refractivity contribution in [1.82, 2.24) is 24.5 Å². The number of halogens is 1. The summed E-state index contributed by atoms with van der Waals surface area (Å²) in [6.07, 6.45) is 9.77. The lowest BCUT2D eigenvalue weighted by atomic mass is 10.1. The molecule has 0 radical (unpaired) electrons. The molecule has 0 bridgehead atoms. The van der Waals surface area contributed by atoms with E-state index in [1.54, 1.807) is 29.2 Å². The maximum absolute atomic E-state index is 12.7. The number of piperidine rings is 1. The maximum atomic E-state index is 12.7. The minimum Gasteiger partial charge on any atom is -0.356 e. The third kappa shape index (κ3) is 4.15. The average Bonchev–Trinajstić information content (AvgIpc) is 3.40. The van der Waals surface area contributed by atoms with Gasteiger partial charge in [0.1, 0.15) is 12.1 Å². The Morgan fingerprint density at radius 1 is 1.19 bits per heavy atom. The minimum absolute atomic E-state index is 0.133. The van der Waals surface area contributed by atoms with Crippen LogP contribution >= 0.6 is 11.6 Å². The molecule has 1 aliphatic heterocycles. The van der Waals surface area contributed by atoms with Crippen molar-refractivity contribution in [3.05, 3.63) is 64.8 Å². The van der Waals surface area contributed by atoms with Crippen molar-refractivity contribution in [2.45, 2.75) is 30.2 Å². The van der Waals surface area contributed by atoms with Crippen molar-refractivity contribution in [2.24, 2.45) is 7.05 Å². The van der Waals surface area contributed by atoms with Gasteiger partial charge in [0.25, 0.3) is 0 Å². The maximum Gasteiger partial charge on any atom is 0.240 e. The fraction of sp³-hybridized carbons (Fsp3) is 0.318. The summed E-state index contributed by atoms with van der Waals surface area (Å²) in [5.74, 6) is 0.907. The highest BCUT2D eigenvalue weighted by atomic mass is 35.5. The highest BCUT2D eigenvalue weighted by Gasteiger charge is 2.28.